The quantitative estimate of drug-likeness (QED) is 0.428. The van der Waals surface area contributed by atoms with Gasteiger partial charge in [-0.2, -0.15) is 0 Å². The standard InChI is InChI=1S/C19H27N3O5/c1-18(2)13-15(19(3,4)21(18)27-22(23)24)14-26-17-8-6-5-7-16(17)20-9-11-25-12-10-20/h5-8,13H,9-12,14H2,1-4H3. The highest BCUT2D eigenvalue weighted by molar-refractivity contribution is 5.58. The second-order valence-corrected chi connectivity index (χ2v) is 7.84. The smallest absolute Gasteiger partial charge is 0.312 e. The van der Waals surface area contributed by atoms with Gasteiger partial charge in [0, 0.05) is 13.1 Å². The summed E-state index contributed by atoms with van der Waals surface area (Å²) in [6, 6.07) is 7.93. The second-order valence-electron chi connectivity index (χ2n) is 7.84. The van der Waals surface area contributed by atoms with Gasteiger partial charge in [0.05, 0.1) is 30.0 Å². The Hall–Kier alpha value is -2.32. The molecule has 0 N–H and O–H groups in total. The molecule has 0 aromatic heterocycles. The highest BCUT2D eigenvalue weighted by atomic mass is 17.0. The van der Waals surface area contributed by atoms with Crippen LogP contribution in [-0.4, -0.2) is 54.1 Å². The van der Waals surface area contributed by atoms with E-state index in [4.69, 9.17) is 14.4 Å². The molecular weight excluding hydrogens is 350 g/mol. The molecule has 0 spiro atoms. The predicted molar refractivity (Wildman–Crippen MR) is 101 cm³/mol. The third-order valence-electron chi connectivity index (χ3n) is 5.09. The Morgan fingerprint density at radius 3 is 2.52 bits per heavy atom. The van der Waals surface area contributed by atoms with Gasteiger partial charge in [0.25, 0.3) is 0 Å². The van der Waals surface area contributed by atoms with Crippen LogP contribution in [0.5, 0.6) is 5.75 Å². The SMILES string of the molecule is CC1(C)C=C(COc2ccccc2N2CCOCC2)C(C)(C)N1O[N+](=O)[O-]. The Labute approximate surface area is 159 Å². The molecule has 0 atom stereocenters. The van der Waals surface area contributed by atoms with E-state index in [-0.39, 0.29) is 0 Å². The van der Waals surface area contributed by atoms with Crippen LogP contribution in [0.3, 0.4) is 0 Å². The van der Waals surface area contributed by atoms with Crippen LogP contribution in [0.4, 0.5) is 5.69 Å². The fourth-order valence-corrected chi connectivity index (χ4v) is 3.80. The van der Waals surface area contributed by atoms with Crippen LogP contribution in [0, 0.1) is 10.1 Å². The van der Waals surface area contributed by atoms with Crippen LogP contribution in [0.25, 0.3) is 0 Å². The van der Waals surface area contributed by atoms with E-state index >= 15 is 0 Å². The Bertz CT molecular complexity index is 726. The van der Waals surface area contributed by atoms with Gasteiger partial charge < -0.3 is 14.4 Å². The Morgan fingerprint density at radius 1 is 1.19 bits per heavy atom. The third kappa shape index (κ3) is 4.01. The van der Waals surface area contributed by atoms with E-state index in [2.05, 4.69) is 4.90 Å². The van der Waals surface area contributed by atoms with Crippen LogP contribution in [0.1, 0.15) is 27.7 Å². The van der Waals surface area contributed by atoms with Crippen molar-refractivity contribution in [3.63, 3.8) is 0 Å². The van der Waals surface area contributed by atoms with Crippen molar-refractivity contribution in [2.75, 3.05) is 37.8 Å². The van der Waals surface area contributed by atoms with E-state index in [1.165, 1.54) is 5.06 Å². The number of hydrogen-bond donors (Lipinski definition) is 0. The normalized spacial score (nSPS) is 21.6. The molecular formula is C19H27N3O5. The van der Waals surface area contributed by atoms with Crippen LogP contribution in [-0.2, 0) is 9.68 Å². The average Bonchev–Trinajstić information content (AvgIpc) is 2.80. The zero-order valence-corrected chi connectivity index (χ0v) is 16.3. The first-order chi connectivity index (χ1) is 12.7. The molecule has 2 heterocycles. The van der Waals surface area contributed by atoms with Crippen LogP contribution < -0.4 is 9.64 Å². The van der Waals surface area contributed by atoms with Crippen molar-refractivity contribution in [3.8, 4) is 5.75 Å². The zero-order chi connectivity index (χ0) is 19.7. The summed E-state index contributed by atoms with van der Waals surface area (Å²) < 4.78 is 11.6. The van der Waals surface area contributed by atoms with Crippen molar-refractivity contribution >= 4 is 5.69 Å². The molecule has 8 heteroatoms. The summed E-state index contributed by atoms with van der Waals surface area (Å²) in [6.07, 6.45) is 1.98. The summed E-state index contributed by atoms with van der Waals surface area (Å²) in [5.74, 6) is 0.794. The Balaban J connectivity index is 1.76. The summed E-state index contributed by atoms with van der Waals surface area (Å²) in [5.41, 5.74) is 0.699. The van der Waals surface area contributed by atoms with Crippen LogP contribution >= 0.6 is 0 Å². The number of ether oxygens (including phenoxy) is 2. The van der Waals surface area contributed by atoms with Gasteiger partial charge in [-0.3, -0.25) is 0 Å². The summed E-state index contributed by atoms with van der Waals surface area (Å²) >= 11 is 0. The number of anilines is 1. The molecule has 1 saturated heterocycles. The maximum atomic E-state index is 10.9. The molecule has 8 nitrogen and oxygen atoms in total. The average molecular weight is 377 g/mol. The molecule has 3 rings (SSSR count). The van der Waals surface area contributed by atoms with E-state index < -0.39 is 16.2 Å². The van der Waals surface area contributed by atoms with E-state index in [0.717, 1.165) is 30.1 Å². The highest BCUT2D eigenvalue weighted by Crippen LogP contribution is 2.41. The first kappa shape index (κ1) is 19.4. The second kappa shape index (κ2) is 7.36. The lowest BCUT2D eigenvalue weighted by Crippen LogP contribution is -2.51. The zero-order valence-electron chi connectivity index (χ0n) is 16.3. The van der Waals surface area contributed by atoms with Crippen molar-refractivity contribution in [2.24, 2.45) is 0 Å². The maximum Gasteiger partial charge on any atom is 0.312 e. The molecule has 1 aromatic rings. The molecule has 1 aromatic carbocycles. The van der Waals surface area contributed by atoms with E-state index in [0.29, 0.717) is 19.8 Å². The van der Waals surface area contributed by atoms with Crippen molar-refractivity contribution < 1.29 is 19.5 Å². The van der Waals surface area contributed by atoms with Gasteiger partial charge in [0.1, 0.15) is 12.4 Å². The van der Waals surface area contributed by atoms with E-state index in [9.17, 15) is 10.1 Å². The van der Waals surface area contributed by atoms with Gasteiger partial charge in [-0.25, -0.2) is 4.94 Å². The minimum absolute atomic E-state index is 0.329. The first-order valence-corrected chi connectivity index (χ1v) is 9.11. The summed E-state index contributed by atoms with van der Waals surface area (Å²) in [5, 5.41) is 11.5. The van der Waals surface area contributed by atoms with Crippen molar-refractivity contribution in [3.05, 3.63) is 46.0 Å². The minimum atomic E-state index is -0.769. The molecule has 2 aliphatic rings. The molecule has 0 amide bonds. The first-order valence-electron chi connectivity index (χ1n) is 9.11. The number of hydrogen-bond acceptors (Lipinski definition) is 7. The fourth-order valence-electron chi connectivity index (χ4n) is 3.80. The Morgan fingerprint density at radius 2 is 1.85 bits per heavy atom. The van der Waals surface area contributed by atoms with Crippen LogP contribution in [0.2, 0.25) is 0 Å². The van der Waals surface area contributed by atoms with Gasteiger partial charge in [0.15, 0.2) is 0 Å². The molecule has 0 saturated carbocycles. The summed E-state index contributed by atoms with van der Waals surface area (Å²) in [6.45, 7) is 10.9. The molecule has 27 heavy (non-hydrogen) atoms. The minimum Gasteiger partial charge on any atom is -0.487 e. The maximum absolute atomic E-state index is 10.9. The number of para-hydroxylation sites is 2. The molecule has 0 unspecified atom stereocenters. The van der Waals surface area contributed by atoms with Gasteiger partial charge >= 0.3 is 5.09 Å². The fraction of sp³-hybridized carbons (Fsp3) is 0.579. The van der Waals surface area contributed by atoms with E-state index in [1.807, 2.05) is 58.0 Å². The lowest BCUT2D eigenvalue weighted by molar-refractivity contribution is -0.819. The summed E-state index contributed by atoms with van der Waals surface area (Å²) in [4.78, 5) is 18.0. The lowest BCUT2D eigenvalue weighted by atomic mass is 9.97. The molecule has 0 radical (unpaired) electrons. The monoisotopic (exact) mass is 377 g/mol. The number of benzene rings is 1. The molecule has 0 bridgehead atoms. The number of nitrogens with zero attached hydrogens (tertiary/aromatic N) is 3. The molecule has 2 aliphatic heterocycles. The van der Waals surface area contributed by atoms with Gasteiger partial charge in [-0.05, 0) is 45.4 Å². The van der Waals surface area contributed by atoms with Crippen LogP contribution in [0.15, 0.2) is 35.9 Å². The topological polar surface area (TPSA) is 77.3 Å². The van der Waals surface area contributed by atoms with Gasteiger partial charge in [-0.15, -0.1) is 15.2 Å². The predicted octanol–water partition coefficient (Wildman–Crippen LogP) is 2.82. The molecule has 0 aliphatic carbocycles. The van der Waals surface area contributed by atoms with Crippen molar-refractivity contribution in [1.29, 1.82) is 0 Å². The van der Waals surface area contributed by atoms with Crippen molar-refractivity contribution in [2.45, 2.75) is 38.8 Å². The highest BCUT2D eigenvalue weighted by Gasteiger charge is 2.48. The number of hydroxylamine groups is 2. The van der Waals surface area contributed by atoms with Crippen molar-refractivity contribution in [1.82, 2.24) is 5.06 Å². The van der Waals surface area contributed by atoms with Gasteiger partial charge in [0.2, 0.25) is 0 Å². The molecule has 1 fully saturated rings. The Kier molecular flexibility index (Phi) is 5.30. The number of rotatable bonds is 6. The van der Waals surface area contributed by atoms with Gasteiger partial charge in [-0.1, -0.05) is 18.2 Å². The lowest BCUT2D eigenvalue weighted by Gasteiger charge is -2.38. The number of morpholine rings is 1. The van der Waals surface area contributed by atoms with E-state index in [1.54, 1.807) is 0 Å². The largest absolute Gasteiger partial charge is 0.487 e. The third-order valence-corrected chi connectivity index (χ3v) is 5.09. The summed E-state index contributed by atoms with van der Waals surface area (Å²) in [7, 11) is 0. The molecule has 148 valence electrons.